The maximum Gasteiger partial charge on any atom is 1.00 e. The zero-order valence-electron chi connectivity index (χ0n) is 12.5. The third kappa shape index (κ3) is 4.53. The maximum absolute atomic E-state index is 12.1. The van der Waals surface area contributed by atoms with Crippen LogP contribution in [0.5, 0.6) is 0 Å². The molecule has 0 aliphatic rings. The van der Waals surface area contributed by atoms with Crippen LogP contribution in [-0.4, -0.2) is 29.8 Å². The quantitative estimate of drug-likeness (QED) is 0.407. The molecule has 0 fully saturated rings. The van der Waals surface area contributed by atoms with Gasteiger partial charge in [-0.1, -0.05) is 20.1 Å². The monoisotopic (exact) mass is 388 g/mol. The van der Waals surface area contributed by atoms with Gasteiger partial charge in [-0.25, -0.2) is 25.3 Å². The van der Waals surface area contributed by atoms with Gasteiger partial charge in [-0.05, 0) is 24.1 Å². The molecule has 0 aliphatic carbocycles. The molecule has 1 aromatic rings. The maximum atomic E-state index is 12.1. The molecule has 0 N–H and O–H groups in total. The van der Waals surface area contributed by atoms with Gasteiger partial charge in [0.25, 0.3) is 0 Å². The van der Waals surface area contributed by atoms with E-state index in [9.17, 15) is 29.8 Å². The fourth-order valence-electron chi connectivity index (χ4n) is 1.87. The average Bonchev–Trinajstić information content (AvgIpc) is 2.44. The van der Waals surface area contributed by atoms with E-state index in [0.29, 0.717) is 10.8 Å². The van der Waals surface area contributed by atoms with E-state index >= 15 is 0 Å². The van der Waals surface area contributed by atoms with Crippen LogP contribution in [0.25, 0.3) is 0 Å². The molecule has 0 unspecified atom stereocenters. The summed E-state index contributed by atoms with van der Waals surface area (Å²) in [5, 5.41) is 1.03. The van der Waals surface area contributed by atoms with Gasteiger partial charge in [-0.15, -0.1) is 0 Å². The van der Waals surface area contributed by atoms with Gasteiger partial charge >= 0.3 is 29.6 Å². The van der Waals surface area contributed by atoms with Crippen LogP contribution in [0.4, 0.5) is 0 Å². The Kier molecular flexibility index (Phi) is 7.44. The molecule has 0 bridgehead atoms. The summed E-state index contributed by atoms with van der Waals surface area (Å²) in [7, 11) is -13.5. The Hall–Kier alpha value is -0.490. The smallest absolute Gasteiger partial charge is 0.744 e. The molecule has 0 aromatic heterocycles. The van der Waals surface area contributed by atoms with Gasteiger partial charge < -0.3 is 4.55 Å². The normalized spacial score (nSPS) is 12.3. The molecule has 11 heteroatoms. The molecule has 122 valence electrons. The Morgan fingerprint density at radius 1 is 0.957 bits per heavy atom. The first-order valence-electron chi connectivity index (χ1n) is 5.79. The minimum absolute atomic E-state index is 0. The molecule has 0 heterocycles. The number of benzene rings is 1. The minimum atomic E-state index is -4.97. The second-order valence-corrected chi connectivity index (χ2v) is 9.14. The molecule has 0 saturated carbocycles. The van der Waals surface area contributed by atoms with E-state index in [1.54, 1.807) is 0 Å². The summed E-state index contributed by atoms with van der Waals surface area (Å²) in [6, 6.07) is 1.54. The predicted octanol–water partition coefficient (Wildman–Crippen LogP) is -2.01. The van der Waals surface area contributed by atoms with Crippen LogP contribution < -0.4 is 29.6 Å². The summed E-state index contributed by atoms with van der Waals surface area (Å²) in [4.78, 5) is -2.19. The van der Waals surface area contributed by atoms with Crippen molar-refractivity contribution >= 4 is 29.8 Å². The molecule has 0 aliphatic heterocycles. The van der Waals surface area contributed by atoms with Crippen LogP contribution in [-0.2, 0) is 36.2 Å². The number of rotatable bonds is 6. The summed E-state index contributed by atoms with van der Waals surface area (Å²) in [5.41, 5.74) is -0.391. The van der Waals surface area contributed by atoms with E-state index in [1.807, 2.05) is 0 Å². The molecule has 23 heavy (non-hydrogen) atoms. The van der Waals surface area contributed by atoms with E-state index in [1.165, 1.54) is 6.92 Å². The van der Waals surface area contributed by atoms with Crippen molar-refractivity contribution in [1.82, 2.24) is 0 Å². The first kappa shape index (κ1) is 22.5. The zero-order chi connectivity index (χ0) is 17.3. The molecule has 0 spiro atoms. The summed E-state index contributed by atoms with van der Waals surface area (Å²) in [6.45, 7) is 7.58. The number of hydrogen-bond acceptors (Lipinski definition) is 7. The van der Waals surface area contributed by atoms with Crippen LogP contribution >= 0.6 is 0 Å². The van der Waals surface area contributed by atoms with Crippen molar-refractivity contribution in [3.8, 4) is 0 Å². The van der Waals surface area contributed by atoms with Gasteiger partial charge in [0, 0.05) is 10.8 Å². The fourth-order valence-corrected chi connectivity index (χ4v) is 5.34. The fraction of sp³-hybridized carbons (Fsp3) is 0.167. The van der Waals surface area contributed by atoms with Crippen molar-refractivity contribution in [2.45, 2.75) is 28.0 Å². The molecular weight excluding hydrogens is 375 g/mol. The van der Waals surface area contributed by atoms with Crippen molar-refractivity contribution in [2.75, 3.05) is 0 Å². The Morgan fingerprint density at radius 3 is 1.74 bits per heavy atom. The van der Waals surface area contributed by atoms with Crippen LogP contribution in [0.3, 0.4) is 0 Å². The van der Waals surface area contributed by atoms with Crippen LogP contribution in [0.2, 0.25) is 0 Å². The molecule has 0 amide bonds. The van der Waals surface area contributed by atoms with Crippen LogP contribution in [0, 0.1) is 0 Å². The van der Waals surface area contributed by atoms with E-state index < -0.39 is 50.0 Å². The molecule has 0 radical (unpaired) electrons. The van der Waals surface area contributed by atoms with Crippen LogP contribution in [0.1, 0.15) is 12.5 Å². The van der Waals surface area contributed by atoms with Gasteiger partial charge in [-0.3, -0.25) is 0 Å². The summed E-state index contributed by atoms with van der Waals surface area (Å²) in [5.74, 6) is 0. The molecule has 1 rings (SSSR count). The molecular formula is C12H13NaO7S3. The molecule has 0 saturated heterocycles. The molecule has 0 atom stereocenters. The zero-order valence-corrected chi connectivity index (χ0v) is 17.0. The first-order valence-corrected chi connectivity index (χ1v) is 10.3. The van der Waals surface area contributed by atoms with Gasteiger partial charge in [0.2, 0.25) is 19.7 Å². The third-order valence-corrected chi connectivity index (χ3v) is 6.75. The second-order valence-electron chi connectivity index (χ2n) is 4.10. The largest absolute Gasteiger partial charge is 1.00 e. The van der Waals surface area contributed by atoms with Gasteiger partial charge in [0.05, 0.1) is 14.7 Å². The number of hydrogen-bond donors (Lipinski definition) is 0. The summed E-state index contributed by atoms with van der Waals surface area (Å²) in [6.07, 6.45) is -0.181. The Bertz CT molecular complexity index is 943. The molecule has 1 aromatic carbocycles. The predicted molar refractivity (Wildman–Crippen MR) is 78.5 cm³/mol. The first-order chi connectivity index (χ1) is 9.92. The van der Waals surface area contributed by atoms with Crippen molar-refractivity contribution in [3.63, 3.8) is 0 Å². The van der Waals surface area contributed by atoms with Gasteiger partial charge in [-0.2, -0.15) is 0 Å². The van der Waals surface area contributed by atoms with Crippen molar-refractivity contribution < 1.29 is 59.4 Å². The number of sulfone groups is 2. The van der Waals surface area contributed by atoms with Gasteiger partial charge in [0.1, 0.15) is 10.1 Å². The van der Waals surface area contributed by atoms with E-state index in [-0.39, 0.29) is 36.0 Å². The van der Waals surface area contributed by atoms with Crippen molar-refractivity contribution in [1.29, 1.82) is 0 Å². The van der Waals surface area contributed by atoms with Gasteiger partial charge in [0.15, 0.2) is 0 Å². The van der Waals surface area contributed by atoms with E-state index in [2.05, 4.69) is 13.2 Å². The average molecular weight is 388 g/mol. The standard InChI is InChI=1S/C12H14O7S3.Na/c1-4-9-10(22(17,18)19)7-8-11(20(13,14)5-2)12(9)21(15,16)6-3;/h5-8H,2-4H2,1H3,(H,17,18,19);/q;+1/p-1. The summed E-state index contributed by atoms with van der Waals surface area (Å²) >= 11 is 0. The Morgan fingerprint density at radius 2 is 1.39 bits per heavy atom. The second kappa shape index (κ2) is 7.60. The van der Waals surface area contributed by atoms with Crippen molar-refractivity contribution in [3.05, 3.63) is 41.7 Å². The van der Waals surface area contributed by atoms with E-state index in [0.717, 1.165) is 12.1 Å². The van der Waals surface area contributed by atoms with E-state index in [4.69, 9.17) is 0 Å². The summed E-state index contributed by atoms with van der Waals surface area (Å²) < 4.78 is 82.0. The molecule has 7 nitrogen and oxygen atoms in total. The minimum Gasteiger partial charge on any atom is -0.744 e. The Balaban J connectivity index is 0.00000484. The SMILES string of the molecule is C=CS(=O)(=O)c1ccc(S(=O)(=O)[O-])c(CC)c1S(=O)(=O)C=C.[Na+]. The Labute approximate surface area is 158 Å². The topological polar surface area (TPSA) is 125 Å². The van der Waals surface area contributed by atoms with Crippen molar-refractivity contribution in [2.24, 2.45) is 0 Å². The van der Waals surface area contributed by atoms with Crippen LogP contribution in [0.15, 0.2) is 50.8 Å². The third-order valence-electron chi connectivity index (χ3n) is 2.83.